The van der Waals surface area contributed by atoms with Gasteiger partial charge in [-0.05, 0) is 50.5 Å². The van der Waals surface area contributed by atoms with E-state index in [1.165, 1.54) is 20.0 Å². The predicted molar refractivity (Wildman–Crippen MR) is 129 cm³/mol. The average molecular weight is 501 g/mol. The van der Waals surface area contributed by atoms with Gasteiger partial charge in [0.05, 0.1) is 18.3 Å². The Morgan fingerprint density at radius 3 is 2.64 bits per heavy atom. The predicted octanol–water partition coefficient (Wildman–Crippen LogP) is 5.40. The quantitative estimate of drug-likeness (QED) is 0.374. The molecular formula is C25H27F3N6O2. The number of nitrogens with zero attached hydrogens (tertiary/aromatic N) is 2. The smallest absolute Gasteiger partial charge is 0.419 e. The minimum atomic E-state index is -4.62. The molecule has 11 heteroatoms. The lowest BCUT2D eigenvalue weighted by Crippen LogP contribution is -2.46. The van der Waals surface area contributed by atoms with E-state index in [0.717, 1.165) is 44.0 Å². The summed E-state index contributed by atoms with van der Waals surface area (Å²) in [5, 5.41) is 10.1. The minimum absolute atomic E-state index is 0.0530. The van der Waals surface area contributed by atoms with E-state index in [0.29, 0.717) is 22.2 Å². The van der Waals surface area contributed by atoms with Crippen LogP contribution in [0.2, 0.25) is 0 Å². The first-order valence-electron chi connectivity index (χ1n) is 12.2. The third-order valence-corrected chi connectivity index (χ3v) is 7.54. The fourth-order valence-corrected chi connectivity index (χ4v) is 5.21. The number of halogens is 3. The van der Waals surface area contributed by atoms with Crippen LogP contribution in [0.1, 0.15) is 55.6 Å². The van der Waals surface area contributed by atoms with E-state index in [4.69, 9.17) is 4.74 Å². The molecule has 3 fully saturated rings. The van der Waals surface area contributed by atoms with Gasteiger partial charge in [0.15, 0.2) is 0 Å². The second-order valence-corrected chi connectivity index (χ2v) is 10.0. The number of alkyl halides is 3. The molecular weight excluding hydrogens is 473 g/mol. The zero-order valence-corrected chi connectivity index (χ0v) is 19.8. The maximum absolute atomic E-state index is 14.0. The Morgan fingerprint density at radius 1 is 1.19 bits per heavy atom. The lowest BCUT2D eigenvalue weighted by atomic mass is 9.99. The van der Waals surface area contributed by atoms with E-state index in [2.05, 4.69) is 30.9 Å². The summed E-state index contributed by atoms with van der Waals surface area (Å²) in [4.78, 5) is 23.4. The average Bonchev–Trinajstić information content (AvgIpc) is 3.78. The molecule has 1 amide bonds. The summed E-state index contributed by atoms with van der Waals surface area (Å²) < 4.78 is 46.7. The molecule has 0 radical (unpaired) electrons. The number of benzene rings is 1. The Kier molecular flexibility index (Phi) is 5.36. The topological polar surface area (TPSA) is 104 Å². The molecule has 1 aromatic carbocycles. The number of amides is 1. The van der Waals surface area contributed by atoms with Gasteiger partial charge in [-0.3, -0.25) is 5.32 Å². The number of aromatic nitrogens is 3. The molecule has 1 spiro atoms. The summed E-state index contributed by atoms with van der Waals surface area (Å²) in [5.74, 6) is 0.392. The van der Waals surface area contributed by atoms with Crippen LogP contribution in [0.3, 0.4) is 0 Å². The molecule has 1 atom stereocenters. The van der Waals surface area contributed by atoms with Crippen molar-refractivity contribution >= 4 is 28.6 Å². The van der Waals surface area contributed by atoms with Gasteiger partial charge >= 0.3 is 12.3 Å². The fourth-order valence-electron chi connectivity index (χ4n) is 5.21. The van der Waals surface area contributed by atoms with Crippen LogP contribution in [0, 0.1) is 0 Å². The Bertz CT molecular complexity index is 1320. The molecule has 0 unspecified atom stereocenters. The van der Waals surface area contributed by atoms with E-state index < -0.39 is 17.8 Å². The van der Waals surface area contributed by atoms with E-state index in [9.17, 15) is 18.0 Å². The van der Waals surface area contributed by atoms with Crippen molar-refractivity contribution in [1.82, 2.24) is 20.3 Å². The Labute approximate surface area is 205 Å². The number of fused-ring (bicyclic) bond motifs is 1. The largest absolute Gasteiger partial charge is 0.453 e. The van der Waals surface area contributed by atoms with Crippen molar-refractivity contribution in [2.75, 3.05) is 24.3 Å². The summed E-state index contributed by atoms with van der Waals surface area (Å²) in [5.41, 5.74) is 1.69. The van der Waals surface area contributed by atoms with Crippen molar-refractivity contribution in [3.63, 3.8) is 0 Å². The molecule has 3 aromatic rings. The zero-order valence-electron chi connectivity index (χ0n) is 19.8. The van der Waals surface area contributed by atoms with E-state index in [-0.39, 0.29) is 29.1 Å². The first-order valence-corrected chi connectivity index (χ1v) is 12.2. The van der Waals surface area contributed by atoms with Crippen LogP contribution in [0.4, 0.5) is 29.6 Å². The summed E-state index contributed by atoms with van der Waals surface area (Å²) >= 11 is 0. The molecule has 3 heterocycles. The number of methoxy groups -OCH3 is 1. The molecule has 0 bridgehead atoms. The highest BCUT2D eigenvalue weighted by Crippen LogP contribution is 2.48. The lowest BCUT2D eigenvalue weighted by Gasteiger charge is -2.30. The molecule has 6 rings (SSSR count). The van der Waals surface area contributed by atoms with Gasteiger partial charge in [-0.25, -0.2) is 14.8 Å². The number of hydrogen-bond donors (Lipinski definition) is 4. The number of rotatable bonds is 5. The summed E-state index contributed by atoms with van der Waals surface area (Å²) in [6, 6.07) is 3.46. The molecule has 2 aromatic heterocycles. The van der Waals surface area contributed by atoms with Crippen molar-refractivity contribution in [3.05, 3.63) is 35.7 Å². The van der Waals surface area contributed by atoms with Crippen LogP contribution in [0.15, 0.2) is 24.5 Å². The molecule has 36 heavy (non-hydrogen) atoms. The maximum atomic E-state index is 14.0. The van der Waals surface area contributed by atoms with Gasteiger partial charge in [0.2, 0.25) is 5.95 Å². The molecule has 2 aliphatic carbocycles. The maximum Gasteiger partial charge on any atom is 0.419 e. The third-order valence-electron chi connectivity index (χ3n) is 7.54. The Hall–Kier alpha value is -3.34. The fraction of sp³-hybridized carbons (Fsp3) is 0.480. The van der Waals surface area contributed by atoms with Crippen LogP contribution in [-0.4, -0.2) is 46.3 Å². The number of piperidine rings is 1. The van der Waals surface area contributed by atoms with Crippen molar-refractivity contribution in [2.45, 2.75) is 62.2 Å². The number of carbonyl (C=O) groups excluding carboxylic acids is 1. The van der Waals surface area contributed by atoms with Crippen molar-refractivity contribution in [2.24, 2.45) is 0 Å². The van der Waals surface area contributed by atoms with E-state index in [1.54, 1.807) is 18.3 Å². The first kappa shape index (κ1) is 23.1. The van der Waals surface area contributed by atoms with Crippen LogP contribution < -0.4 is 16.0 Å². The summed E-state index contributed by atoms with van der Waals surface area (Å²) in [6.07, 6.45) is 3.39. The summed E-state index contributed by atoms with van der Waals surface area (Å²) in [7, 11) is 1.28. The van der Waals surface area contributed by atoms with Crippen LogP contribution in [0.25, 0.3) is 22.2 Å². The highest BCUT2D eigenvalue weighted by atomic mass is 19.4. The monoisotopic (exact) mass is 500 g/mol. The first-order chi connectivity index (χ1) is 17.3. The lowest BCUT2D eigenvalue weighted by molar-refractivity contribution is -0.137. The molecule has 1 aliphatic heterocycles. The third kappa shape index (κ3) is 4.25. The number of nitrogens with one attached hydrogen (secondary N) is 4. The number of H-pyrrole nitrogens is 1. The van der Waals surface area contributed by atoms with Crippen LogP contribution in [-0.2, 0) is 10.9 Å². The molecule has 1 saturated heterocycles. The van der Waals surface area contributed by atoms with Gasteiger partial charge in [-0.2, -0.15) is 13.2 Å². The standard InChI is InChI=1S/C25H27F3N6O2/c1-36-23(35)33-18-5-4-15-16(11-29-21(15)19(18)13-2-3-13)20-17(25(26,27)28)12-30-22(34-20)32-14-6-7-24(8-9-24)31-10-14/h4-5,11-14,29,31H,2-3,6-10H2,1H3,(H,33,35)(H,30,32,34)/t14-/m0/s1. The molecule has 3 aliphatic rings. The van der Waals surface area contributed by atoms with Gasteiger partial charge < -0.3 is 20.4 Å². The Balaban J connectivity index is 1.38. The summed E-state index contributed by atoms with van der Waals surface area (Å²) in [6.45, 7) is 0.730. The Morgan fingerprint density at radius 2 is 2.00 bits per heavy atom. The van der Waals surface area contributed by atoms with Gasteiger partial charge in [-0.1, -0.05) is 6.07 Å². The van der Waals surface area contributed by atoms with E-state index in [1.807, 2.05) is 0 Å². The molecule has 8 nitrogen and oxygen atoms in total. The van der Waals surface area contributed by atoms with Gasteiger partial charge in [0.1, 0.15) is 5.56 Å². The SMILES string of the molecule is COC(=O)Nc1ccc2c(-c3nc(N[C@H]4CCC5(CC5)NC4)ncc3C(F)(F)F)c[nH]c2c1C1CC1. The zero-order chi connectivity index (χ0) is 25.1. The van der Waals surface area contributed by atoms with Crippen LogP contribution in [0.5, 0.6) is 0 Å². The van der Waals surface area contributed by atoms with Crippen molar-refractivity contribution < 1.29 is 22.7 Å². The number of ether oxygens (including phenoxy) is 1. The van der Waals surface area contributed by atoms with Gasteiger partial charge in [0, 0.05) is 52.7 Å². The molecule has 4 N–H and O–H groups in total. The van der Waals surface area contributed by atoms with Crippen molar-refractivity contribution in [3.8, 4) is 11.3 Å². The molecule has 190 valence electrons. The van der Waals surface area contributed by atoms with Gasteiger partial charge in [-0.15, -0.1) is 0 Å². The minimum Gasteiger partial charge on any atom is -0.453 e. The second kappa shape index (κ2) is 8.36. The van der Waals surface area contributed by atoms with Gasteiger partial charge in [0.25, 0.3) is 0 Å². The second-order valence-electron chi connectivity index (χ2n) is 10.0. The highest BCUT2D eigenvalue weighted by Gasteiger charge is 2.45. The number of carbonyl (C=O) groups is 1. The molecule has 2 saturated carbocycles. The highest BCUT2D eigenvalue weighted by molar-refractivity contribution is 6.01. The normalized spacial score (nSPS) is 20.9. The van der Waals surface area contributed by atoms with Crippen molar-refractivity contribution in [1.29, 1.82) is 0 Å². The number of hydrogen-bond acceptors (Lipinski definition) is 6. The van der Waals surface area contributed by atoms with E-state index >= 15 is 0 Å². The van der Waals surface area contributed by atoms with Crippen LogP contribution >= 0.6 is 0 Å². The number of aromatic amines is 1. The number of anilines is 2.